The Kier molecular flexibility index (Phi) is 3.74. The first-order valence-electron chi connectivity index (χ1n) is 8.00. The van der Waals surface area contributed by atoms with Gasteiger partial charge in [-0.2, -0.15) is 5.10 Å². The fourth-order valence-electron chi connectivity index (χ4n) is 2.73. The standard InChI is InChI=1S/C20H16N4O/c1-14-13-18(23-24(14)16-8-3-2-4-9-16)20(25)22-19-12-11-15-7-5-6-10-17(15)21-19/h2-13H,1H3,(H,21,22,25). The predicted molar refractivity (Wildman–Crippen MR) is 98.0 cm³/mol. The Balaban J connectivity index is 1.60. The van der Waals surface area contributed by atoms with Gasteiger partial charge in [-0.25, -0.2) is 9.67 Å². The third-order valence-electron chi connectivity index (χ3n) is 3.96. The zero-order valence-corrected chi connectivity index (χ0v) is 13.7. The van der Waals surface area contributed by atoms with Crippen LogP contribution in [-0.2, 0) is 0 Å². The van der Waals surface area contributed by atoms with Crippen molar-refractivity contribution in [1.82, 2.24) is 14.8 Å². The first-order valence-corrected chi connectivity index (χ1v) is 8.00. The lowest BCUT2D eigenvalue weighted by molar-refractivity contribution is 0.102. The molecule has 1 amide bonds. The minimum absolute atomic E-state index is 0.277. The lowest BCUT2D eigenvalue weighted by Crippen LogP contribution is -2.14. The van der Waals surface area contributed by atoms with E-state index in [2.05, 4.69) is 15.4 Å². The van der Waals surface area contributed by atoms with Crippen LogP contribution in [0.2, 0.25) is 0 Å². The second-order valence-electron chi connectivity index (χ2n) is 5.76. The molecule has 25 heavy (non-hydrogen) atoms. The van der Waals surface area contributed by atoms with Crippen LogP contribution in [0.1, 0.15) is 16.2 Å². The van der Waals surface area contributed by atoms with Crippen molar-refractivity contribution in [3.63, 3.8) is 0 Å². The average molecular weight is 328 g/mol. The summed E-state index contributed by atoms with van der Waals surface area (Å²) in [7, 11) is 0. The number of amides is 1. The zero-order chi connectivity index (χ0) is 17.2. The van der Waals surface area contributed by atoms with Gasteiger partial charge in [-0.15, -0.1) is 0 Å². The van der Waals surface area contributed by atoms with Crippen molar-refractivity contribution in [2.24, 2.45) is 0 Å². The third-order valence-corrected chi connectivity index (χ3v) is 3.96. The monoisotopic (exact) mass is 328 g/mol. The molecule has 0 atom stereocenters. The number of anilines is 1. The Bertz CT molecular complexity index is 1050. The van der Waals surface area contributed by atoms with Gasteiger partial charge in [0.2, 0.25) is 0 Å². The van der Waals surface area contributed by atoms with E-state index in [1.54, 1.807) is 16.8 Å². The molecule has 0 aliphatic rings. The van der Waals surface area contributed by atoms with Gasteiger partial charge in [-0.1, -0.05) is 36.4 Å². The molecule has 2 heterocycles. The Labute approximate surface area is 144 Å². The molecule has 0 radical (unpaired) electrons. The molecule has 0 saturated carbocycles. The number of rotatable bonds is 3. The molecule has 0 aliphatic heterocycles. The summed E-state index contributed by atoms with van der Waals surface area (Å²) in [5.41, 5.74) is 3.01. The van der Waals surface area contributed by atoms with Gasteiger partial charge in [0.25, 0.3) is 5.91 Å². The number of pyridine rings is 1. The summed E-state index contributed by atoms with van der Waals surface area (Å²) >= 11 is 0. The van der Waals surface area contributed by atoms with E-state index in [0.29, 0.717) is 11.5 Å². The van der Waals surface area contributed by atoms with E-state index in [0.717, 1.165) is 22.3 Å². The van der Waals surface area contributed by atoms with E-state index in [4.69, 9.17) is 0 Å². The van der Waals surface area contributed by atoms with Crippen LogP contribution < -0.4 is 5.32 Å². The van der Waals surface area contributed by atoms with Crippen molar-refractivity contribution in [2.75, 3.05) is 5.32 Å². The number of nitrogens with zero attached hydrogens (tertiary/aromatic N) is 3. The highest BCUT2D eigenvalue weighted by atomic mass is 16.2. The number of hydrogen-bond acceptors (Lipinski definition) is 3. The van der Waals surface area contributed by atoms with Crippen molar-refractivity contribution in [1.29, 1.82) is 0 Å². The summed E-state index contributed by atoms with van der Waals surface area (Å²) in [5, 5.41) is 8.26. The zero-order valence-electron chi connectivity index (χ0n) is 13.7. The number of fused-ring (bicyclic) bond motifs is 1. The van der Waals surface area contributed by atoms with E-state index < -0.39 is 0 Å². The molecule has 2 aromatic heterocycles. The van der Waals surface area contributed by atoms with Crippen molar-refractivity contribution < 1.29 is 4.79 Å². The summed E-state index contributed by atoms with van der Waals surface area (Å²) in [6.45, 7) is 1.92. The molecule has 0 spiro atoms. The molecule has 0 fully saturated rings. The Hall–Kier alpha value is -3.47. The first-order chi connectivity index (χ1) is 12.2. The van der Waals surface area contributed by atoms with Gasteiger partial charge in [0, 0.05) is 11.1 Å². The molecule has 0 aliphatic carbocycles. The van der Waals surface area contributed by atoms with Crippen LogP contribution in [0, 0.1) is 6.92 Å². The van der Waals surface area contributed by atoms with E-state index >= 15 is 0 Å². The van der Waals surface area contributed by atoms with Gasteiger partial charge >= 0.3 is 0 Å². The number of carbonyl (C=O) groups is 1. The van der Waals surface area contributed by atoms with Crippen LogP contribution in [0.3, 0.4) is 0 Å². The van der Waals surface area contributed by atoms with Gasteiger partial charge in [0.15, 0.2) is 5.69 Å². The normalized spacial score (nSPS) is 10.8. The van der Waals surface area contributed by atoms with Gasteiger partial charge < -0.3 is 5.32 Å². The summed E-state index contributed by atoms with van der Waals surface area (Å²) in [6.07, 6.45) is 0. The maximum absolute atomic E-state index is 12.5. The molecule has 5 nitrogen and oxygen atoms in total. The largest absolute Gasteiger partial charge is 0.305 e. The van der Waals surface area contributed by atoms with Crippen LogP contribution in [0.5, 0.6) is 0 Å². The van der Waals surface area contributed by atoms with Crippen molar-refractivity contribution >= 4 is 22.6 Å². The molecule has 4 aromatic rings. The lowest BCUT2D eigenvalue weighted by Gasteiger charge is -2.04. The molecule has 4 rings (SSSR count). The average Bonchev–Trinajstić information content (AvgIpc) is 3.04. The fraction of sp³-hybridized carbons (Fsp3) is 0.0500. The maximum Gasteiger partial charge on any atom is 0.277 e. The van der Waals surface area contributed by atoms with Crippen LogP contribution in [0.15, 0.2) is 72.8 Å². The summed E-state index contributed by atoms with van der Waals surface area (Å²) in [6, 6.07) is 23.0. The van der Waals surface area contributed by atoms with Crippen LogP contribution in [0.4, 0.5) is 5.82 Å². The topological polar surface area (TPSA) is 59.8 Å². The van der Waals surface area contributed by atoms with Gasteiger partial charge in [0.1, 0.15) is 5.82 Å². The highest BCUT2D eigenvalue weighted by Crippen LogP contribution is 2.16. The molecule has 1 N–H and O–H groups in total. The molecule has 5 heteroatoms. The number of hydrogen-bond donors (Lipinski definition) is 1. The van der Waals surface area contributed by atoms with E-state index in [1.165, 1.54) is 0 Å². The number of aromatic nitrogens is 3. The molecule has 0 saturated heterocycles. The third kappa shape index (κ3) is 2.99. The van der Waals surface area contributed by atoms with E-state index in [-0.39, 0.29) is 5.91 Å². The molecular weight excluding hydrogens is 312 g/mol. The number of nitrogens with one attached hydrogen (secondary N) is 1. The summed E-state index contributed by atoms with van der Waals surface area (Å²) < 4.78 is 1.75. The summed E-state index contributed by atoms with van der Waals surface area (Å²) in [4.78, 5) is 17.0. The number of para-hydroxylation sites is 2. The quantitative estimate of drug-likeness (QED) is 0.619. The van der Waals surface area contributed by atoms with Crippen molar-refractivity contribution in [2.45, 2.75) is 6.92 Å². The second kappa shape index (κ2) is 6.20. The van der Waals surface area contributed by atoms with Crippen LogP contribution >= 0.6 is 0 Å². The van der Waals surface area contributed by atoms with Gasteiger partial charge in [-0.05, 0) is 43.3 Å². The summed E-state index contributed by atoms with van der Waals surface area (Å²) in [5.74, 6) is 0.233. The van der Waals surface area contributed by atoms with Gasteiger partial charge in [0.05, 0.1) is 11.2 Å². The van der Waals surface area contributed by atoms with Crippen molar-refractivity contribution in [3.05, 3.63) is 84.2 Å². The molecular formula is C20H16N4O. The maximum atomic E-state index is 12.5. The Morgan fingerprint density at radius 1 is 0.960 bits per heavy atom. The first kappa shape index (κ1) is 15.1. The number of aryl methyl sites for hydroxylation is 1. The predicted octanol–water partition coefficient (Wildman–Crippen LogP) is 3.98. The Morgan fingerprint density at radius 2 is 1.72 bits per heavy atom. The number of benzene rings is 2. The van der Waals surface area contributed by atoms with Crippen LogP contribution in [0.25, 0.3) is 16.6 Å². The minimum atomic E-state index is -0.277. The second-order valence-corrected chi connectivity index (χ2v) is 5.76. The smallest absolute Gasteiger partial charge is 0.277 e. The molecule has 0 unspecified atom stereocenters. The lowest BCUT2D eigenvalue weighted by atomic mass is 10.2. The van der Waals surface area contributed by atoms with Crippen molar-refractivity contribution in [3.8, 4) is 5.69 Å². The van der Waals surface area contributed by atoms with E-state index in [1.807, 2.05) is 67.6 Å². The van der Waals surface area contributed by atoms with Gasteiger partial charge in [-0.3, -0.25) is 4.79 Å². The highest BCUT2D eigenvalue weighted by molar-refractivity contribution is 6.02. The Morgan fingerprint density at radius 3 is 2.56 bits per heavy atom. The SMILES string of the molecule is Cc1cc(C(=O)Nc2ccc3ccccc3n2)nn1-c1ccccc1. The molecule has 2 aromatic carbocycles. The van der Waals surface area contributed by atoms with E-state index in [9.17, 15) is 4.79 Å². The molecule has 0 bridgehead atoms. The fourth-order valence-corrected chi connectivity index (χ4v) is 2.73. The number of carbonyl (C=O) groups excluding carboxylic acids is 1. The van der Waals surface area contributed by atoms with Crippen LogP contribution in [-0.4, -0.2) is 20.7 Å². The highest BCUT2D eigenvalue weighted by Gasteiger charge is 2.14. The molecule has 122 valence electrons. The minimum Gasteiger partial charge on any atom is -0.305 e.